The normalized spacial score (nSPS) is 11.0. The lowest BCUT2D eigenvalue weighted by Gasteiger charge is -2.06. The van der Waals surface area contributed by atoms with Crippen molar-refractivity contribution in [3.8, 4) is 28.9 Å². The maximum Gasteiger partial charge on any atom is 0.258 e. The van der Waals surface area contributed by atoms with Gasteiger partial charge in [-0.1, -0.05) is 16.4 Å². The largest absolute Gasteiger partial charge is 0.381 e. The summed E-state index contributed by atoms with van der Waals surface area (Å²) in [5, 5.41) is 25.0. The maximum atomic E-state index is 9.42. The van der Waals surface area contributed by atoms with E-state index in [1.807, 2.05) is 35.0 Å². The van der Waals surface area contributed by atoms with Gasteiger partial charge in [-0.2, -0.15) is 10.2 Å². The number of nitrogens with one attached hydrogen (secondary N) is 1. The van der Waals surface area contributed by atoms with E-state index in [-0.39, 0.29) is 6.04 Å². The highest BCUT2D eigenvalue weighted by molar-refractivity contribution is 5.80. The molecular weight excluding hydrogens is 366 g/mol. The van der Waals surface area contributed by atoms with Crippen molar-refractivity contribution < 1.29 is 4.52 Å². The molecule has 2 heterocycles. The molecular formula is C21H19N7O. The quantitative estimate of drug-likeness (QED) is 0.496. The fourth-order valence-corrected chi connectivity index (χ4v) is 3.03. The summed E-state index contributed by atoms with van der Waals surface area (Å²) in [5.41, 5.74) is 4.41. The van der Waals surface area contributed by atoms with E-state index < -0.39 is 0 Å². The molecule has 0 amide bonds. The lowest BCUT2D eigenvalue weighted by molar-refractivity contribution is 0.432. The second-order valence-electron chi connectivity index (χ2n) is 6.80. The average molecular weight is 385 g/mol. The minimum absolute atomic E-state index is 0.223. The Labute approximate surface area is 167 Å². The Morgan fingerprint density at radius 1 is 1.24 bits per heavy atom. The summed E-state index contributed by atoms with van der Waals surface area (Å²) in [6.07, 6.45) is 1.73. The number of nitriles is 1. The molecule has 2 aromatic carbocycles. The molecule has 0 saturated heterocycles. The molecule has 0 bridgehead atoms. The van der Waals surface area contributed by atoms with Crippen LogP contribution in [0.4, 0.5) is 5.69 Å². The topological polar surface area (TPSA) is 105 Å². The first-order chi connectivity index (χ1) is 14.1. The van der Waals surface area contributed by atoms with E-state index in [0.717, 1.165) is 22.3 Å². The van der Waals surface area contributed by atoms with Gasteiger partial charge in [-0.05, 0) is 50.2 Å². The van der Waals surface area contributed by atoms with Crippen LogP contribution in [0.1, 0.15) is 25.5 Å². The zero-order chi connectivity index (χ0) is 20.4. The Balaban J connectivity index is 1.66. The van der Waals surface area contributed by atoms with Gasteiger partial charge in [0.1, 0.15) is 11.6 Å². The predicted molar refractivity (Wildman–Crippen MR) is 110 cm³/mol. The Morgan fingerprint density at radius 2 is 2.07 bits per heavy atom. The summed E-state index contributed by atoms with van der Waals surface area (Å²) in [6.45, 7) is 8.35. The second kappa shape index (κ2) is 7.56. The standard InChI is InChI=1S/C21H19N7O/c1-4-9-23-17-7-5-15(10-16(17)12-22)21-24-20(26-29-21)14-6-8-19-18(11-14)25-27-28(19)13(2)3/h4-8,10-11,13,23H,1,9H2,2-3H3. The van der Waals surface area contributed by atoms with Gasteiger partial charge in [0.15, 0.2) is 0 Å². The number of rotatable bonds is 6. The smallest absolute Gasteiger partial charge is 0.258 e. The summed E-state index contributed by atoms with van der Waals surface area (Å²) in [4.78, 5) is 4.49. The van der Waals surface area contributed by atoms with Crippen LogP contribution in [0, 0.1) is 11.3 Å². The van der Waals surface area contributed by atoms with Gasteiger partial charge in [-0.15, -0.1) is 11.7 Å². The first-order valence-corrected chi connectivity index (χ1v) is 9.19. The first kappa shape index (κ1) is 18.4. The number of hydrogen-bond donors (Lipinski definition) is 1. The minimum atomic E-state index is 0.223. The molecule has 0 aliphatic rings. The van der Waals surface area contributed by atoms with Crippen LogP contribution in [-0.2, 0) is 0 Å². The summed E-state index contributed by atoms with van der Waals surface area (Å²) in [6, 6.07) is 13.5. The Hall–Kier alpha value is -3.99. The zero-order valence-electron chi connectivity index (χ0n) is 16.1. The van der Waals surface area contributed by atoms with Crippen molar-refractivity contribution in [1.29, 1.82) is 5.26 Å². The number of hydrogen-bond acceptors (Lipinski definition) is 7. The third-order valence-electron chi connectivity index (χ3n) is 4.47. The SMILES string of the molecule is C=CCNc1ccc(-c2nc(-c3ccc4c(c3)nnn4C(C)C)no2)cc1C#N. The van der Waals surface area contributed by atoms with Crippen LogP contribution in [0.5, 0.6) is 0 Å². The highest BCUT2D eigenvalue weighted by Crippen LogP contribution is 2.27. The maximum absolute atomic E-state index is 9.42. The van der Waals surface area contributed by atoms with Crippen molar-refractivity contribution in [2.75, 3.05) is 11.9 Å². The van der Waals surface area contributed by atoms with Gasteiger partial charge in [0.05, 0.1) is 16.8 Å². The third kappa shape index (κ3) is 3.46. The van der Waals surface area contributed by atoms with Crippen molar-refractivity contribution in [2.45, 2.75) is 19.9 Å². The van der Waals surface area contributed by atoms with Crippen molar-refractivity contribution in [3.63, 3.8) is 0 Å². The molecule has 0 saturated carbocycles. The van der Waals surface area contributed by atoms with E-state index in [0.29, 0.717) is 29.4 Å². The molecule has 0 atom stereocenters. The van der Waals surface area contributed by atoms with E-state index in [1.54, 1.807) is 12.1 Å². The van der Waals surface area contributed by atoms with E-state index in [9.17, 15) is 5.26 Å². The van der Waals surface area contributed by atoms with Gasteiger partial charge in [-0.25, -0.2) is 4.68 Å². The summed E-state index contributed by atoms with van der Waals surface area (Å²) < 4.78 is 7.30. The molecule has 0 aliphatic carbocycles. The van der Waals surface area contributed by atoms with Crippen molar-refractivity contribution in [1.82, 2.24) is 25.1 Å². The van der Waals surface area contributed by atoms with E-state index in [4.69, 9.17) is 4.52 Å². The van der Waals surface area contributed by atoms with Gasteiger partial charge in [0.2, 0.25) is 5.82 Å². The second-order valence-corrected chi connectivity index (χ2v) is 6.80. The van der Waals surface area contributed by atoms with E-state index >= 15 is 0 Å². The van der Waals surface area contributed by atoms with Crippen molar-refractivity contribution >= 4 is 16.7 Å². The van der Waals surface area contributed by atoms with E-state index in [1.165, 1.54) is 0 Å². The number of anilines is 1. The number of benzene rings is 2. The molecule has 29 heavy (non-hydrogen) atoms. The third-order valence-corrected chi connectivity index (χ3v) is 4.47. The highest BCUT2D eigenvalue weighted by Gasteiger charge is 2.15. The van der Waals surface area contributed by atoms with Gasteiger partial charge in [0.25, 0.3) is 5.89 Å². The summed E-state index contributed by atoms with van der Waals surface area (Å²) in [7, 11) is 0. The highest BCUT2D eigenvalue weighted by atomic mass is 16.5. The van der Waals surface area contributed by atoms with Crippen molar-refractivity contribution in [3.05, 3.63) is 54.6 Å². The fourth-order valence-electron chi connectivity index (χ4n) is 3.03. The van der Waals surface area contributed by atoms with Crippen LogP contribution in [0.15, 0.2) is 53.6 Å². The molecule has 0 aliphatic heterocycles. The monoisotopic (exact) mass is 385 g/mol. The molecule has 0 radical (unpaired) electrons. The predicted octanol–water partition coefficient (Wildman–Crippen LogP) is 4.20. The van der Waals surface area contributed by atoms with Gasteiger partial charge >= 0.3 is 0 Å². The number of aromatic nitrogens is 5. The molecule has 8 nitrogen and oxygen atoms in total. The van der Waals surface area contributed by atoms with Crippen LogP contribution < -0.4 is 5.32 Å². The molecule has 2 aromatic heterocycles. The summed E-state index contributed by atoms with van der Waals surface area (Å²) >= 11 is 0. The van der Waals surface area contributed by atoms with Crippen LogP contribution in [0.3, 0.4) is 0 Å². The molecule has 0 unspecified atom stereocenters. The molecule has 1 N–H and O–H groups in total. The lowest BCUT2D eigenvalue weighted by atomic mass is 10.1. The molecule has 0 spiro atoms. The molecule has 4 aromatic rings. The minimum Gasteiger partial charge on any atom is -0.381 e. The number of nitrogens with zero attached hydrogens (tertiary/aromatic N) is 6. The first-order valence-electron chi connectivity index (χ1n) is 9.19. The van der Waals surface area contributed by atoms with Crippen molar-refractivity contribution in [2.24, 2.45) is 0 Å². The van der Waals surface area contributed by atoms with Gasteiger partial charge in [0, 0.05) is 23.7 Å². The molecule has 8 heteroatoms. The Kier molecular flexibility index (Phi) is 4.79. The van der Waals surface area contributed by atoms with Gasteiger partial charge in [-0.3, -0.25) is 0 Å². The van der Waals surface area contributed by atoms with E-state index in [2.05, 4.69) is 52.3 Å². The molecule has 0 fully saturated rings. The molecule has 4 rings (SSSR count). The average Bonchev–Trinajstić information content (AvgIpc) is 3.39. The molecule has 144 valence electrons. The lowest BCUT2D eigenvalue weighted by Crippen LogP contribution is -2.02. The van der Waals surface area contributed by atoms with Crippen LogP contribution in [-0.4, -0.2) is 31.7 Å². The Bertz CT molecular complexity index is 1230. The number of fused-ring (bicyclic) bond motifs is 1. The van der Waals surface area contributed by atoms with Crippen LogP contribution in [0.2, 0.25) is 0 Å². The van der Waals surface area contributed by atoms with Crippen LogP contribution >= 0.6 is 0 Å². The summed E-state index contributed by atoms with van der Waals surface area (Å²) in [5.74, 6) is 0.797. The van der Waals surface area contributed by atoms with Crippen LogP contribution in [0.25, 0.3) is 33.9 Å². The Morgan fingerprint density at radius 3 is 2.83 bits per heavy atom. The fraction of sp³-hybridized carbons (Fsp3) is 0.190. The van der Waals surface area contributed by atoms with Gasteiger partial charge < -0.3 is 9.84 Å². The zero-order valence-corrected chi connectivity index (χ0v) is 16.1.